The van der Waals surface area contributed by atoms with Gasteiger partial charge in [-0.1, -0.05) is 0 Å². The highest BCUT2D eigenvalue weighted by atomic mass is 16.5. The summed E-state index contributed by atoms with van der Waals surface area (Å²) < 4.78 is 5.05. The molecule has 1 aliphatic heterocycles. The molecule has 0 aromatic heterocycles. The molecule has 0 atom stereocenters. The first kappa shape index (κ1) is 5.24. The molecule has 1 aliphatic rings. The Hall–Kier alpha value is -0.900. The molecule has 8 heavy (non-hydrogen) atoms. The molecule has 0 saturated heterocycles. The van der Waals surface area contributed by atoms with Gasteiger partial charge >= 0.3 is 0 Å². The summed E-state index contributed by atoms with van der Waals surface area (Å²) in [5, 5.41) is 0. The van der Waals surface area contributed by atoms with E-state index in [0.29, 0.717) is 5.76 Å². The minimum absolute atomic E-state index is 0.705. The minimum Gasteiger partial charge on any atom is -0.486 e. The van der Waals surface area contributed by atoms with E-state index in [9.17, 15) is 0 Å². The minimum atomic E-state index is 0.705. The Balaban J connectivity index is 2.53. The maximum absolute atomic E-state index is 5.06. The van der Waals surface area contributed by atoms with Crippen molar-refractivity contribution in [3.63, 3.8) is 0 Å². The summed E-state index contributed by atoms with van der Waals surface area (Å²) in [7, 11) is 0. The SMILES string of the molecule is C#CC1=CCCCO1. The van der Waals surface area contributed by atoms with E-state index in [4.69, 9.17) is 11.2 Å². The van der Waals surface area contributed by atoms with Crippen LogP contribution in [0.3, 0.4) is 0 Å². The summed E-state index contributed by atoms with van der Waals surface area (Å²) in [6.07, 6.45) is 9.18. The van der Waals surface area contributed by atoms with Gasteiger partial charge in [0.15, 0.2) is 5.76 Å². The number of rotatable bonds is 0. The Morgan fingerprint density at radius 2 is 2.62 bits per heavy atom. The van der Waals surface area contributed by atoms with E-state index in [1.807, 2.05) is 6.08 Å². The lowest BCUT2D eigenvalue weighted by Crippen LogP contribution is -1.98. The highest BCUT2D eigenvalue weighted by Crippen LogP contribution is 2.07. The van der Waals surface area contributed by atoms with Crippen molar-refractivity contribution in [2.45, 2.75) is 12.8 Å². The first-order valence-electron chi connectivity index (χ1n) is 2.73. The maximum Gasteiger partial charge on any atom is 0.165 e. The quantitative estimate of drug-likeness (QED) is 0.425. The zero-order valence-corrected chi connectivity index (χ0v) is 4.68. The summed E-state index contributed by atoms with van der Waals surface area (Å²) in [6, 6.07) is 0. The molecular weight excluding hydrogens is 100 g/mol. The molecule has 42 valence electrons. The number of hydrogen-bond acceptors (Lipinski definition) is 1. The normalized spacial score (nSPS) is 18.1. The molecule has 0 aromatic rings. The first-order chi connectivity index (χ1) is 3.93. The van der Waals surface area contributed by atoms with Gasteiger partial charge in [-0.2, -0.15) is 0 Å². The summed E-state index contributed by atoms with van der Waals surface area (Å²) in [6.45, 7) is 0.788. The molecular formula is C7H8O. The predicted octanol–water partition coefficient (Wildman–Crippen LogP) is 1.31. The number of ether oxygens (including phenoxy) is 1. The van der Waals surface area contributed by atoms with Crippen molar-refractivity contribution < 1.29 is 4.74 Å². The van der Waals surface area contributed by atoms with Gasteiger partial charge in [0.25, 0.3) is 0 Å². The third kappa shape index (κ3) is 1.04. The van der Waals surface area contributed by atoms with Crippen molar-refractivity contribution in [1.82, 2.24) is 0 Å². The van der Waals surface area contributed by atoms with E-state index in [1.165, 1.54) is 0 Å². The molecule has 0 radical (unpaired) electrons. The van der Waals surface area contributed by atoms with Gasteiger partial charge in [0, 0.05) is 0 Å². The van der Waals surface area contributed by atoms with E-state index >= 15 is 0 Å². The Kier molecular flexibility index (Phi) is 1.58. The van der Waals surface area contributed by atoms with Crippen molar-refractivity contribution in [2.24, 2.45) is 0 Å². The third-order valence-corrected chi connectivity index (χ3v) is 1.08. The summed E-state index contributed by atoms with van der Waals surface area (Å²) in [5.41, 5.74) is 0. The molecule has 1 heterocycles. The van der Waals surface area contributed by atoms with Gasteiger partial charge < -0.3 is 4.74 Å². The highest BCUT2D eigenvalue weighted by Gasteiger charge is 1.97. The van der Waals surface area contributed by atoms with Crippen molar-refractivity contribution in [1.29, 1.82) is 0 Å². The second-order valence-electron chi connectivity index (χ2n) is 1.70. The monoisotopic (exact) mass is 108 g/mol. The Morgan fingerprint density at radius 3 is 3.00 bits per heavy atom. The van der Waals surface area contributed by atoms with Gasteiger partial charge in [0.1, 0.15) is 0 Å². The van der Waals surface area contributed by atoms with Crippen LogP contribution in [0, 0.1) is 12.3 Å². The van der Waals surface area contributed by atoms with Crippen LogP contribution in [0.15, 0.2) is 11.8 Å². The molecule has 0 amide bonds. The fourth-order valence-electron chi connectivity index (χ4n) is 0.658. The number of hydrogen-bond donors (Lipinski definition) is 0. The molecule has 0 N–H and O–H groups in total. The van der Waals surface area contributed by atoms with Crippen molar-refractivity contribution in [3.05, 3.63) is 11.8 Å². The van der Waals surface area contributed by atoms with Gasteiger partial charge in [-0.15, -0.1) is 6.42 Å². The first-order valence-corrected chi connectivity index (χ1v) is 2.73. The van der Waals surface area contributed by atoms with Crippen LogP contribution < -0.4 is 0 Å². The molecule has 1 heteroatoms. The molecule has 0 aliphatic carbocycles. The van der Waals surface area contributed by atoms with Gasteiger partial charge in [0.05, 0.1) is 6.61 Å². The van der Waals surface area contributed by atoms with Crippen LogP contribution in [0.1, 0.15) is 12.8 Å². The topological polar surface area (TPSA) is 9.23 Å². The van der Waals surface area contributed by atoms with Crippen LogP contribution in [0.2, 0.25) is 0 Å². The van der Waals surface area contributed by atoms with E-state index in [2.05, 4.69) is 5.92 Å². The van der Waals surface area contributed by atoms with E-state index in [1.54, 1.807) is 0 Å². The fraction of sp³-hybridized carbons (Fsp3) is 0.429. The Morgan fingerprint density at radius 1 is 1.75 bits per heavy atom. The van der Waals surface area contributed by atoms with Crippen molar-refractivity contribution in [3.8, 4) is 12.3 Å². The maximum atomic E-state index is 5.06. The van der Waals surface area contributed by atoms with Gasteiger partial charge in [-0.3, -0.25) is 0 Å². The lowest BCUT2D eigenvalue weighted by molar-refractivity contribution is 0.209. The smallest absolute Gasteiger partial charge is 0.165 e. The number of allylic oxidation sites excluding steroid dienone is 2. The van der Waals surface area contributed by atoms with Gasteiger partial charge in [0.2, 0.25) is 0 Å². The summed E-state index contributed by atoms with van der Waals surface area (Å²) in [5.74, 6) is 3.15. The van der Waals surface area contributed by atoms with Crippen LogP contribution in [0.5, 0.6) is 0 Å². The molecule has 0 aromatic carbocycles. The second-order valence-corrected chi connectivity index (χ2v) is 1.70. The summed E-state index contributed by atoms with van der Waals surface area (Å²) >= 11 is 0. The van der Waals surface area contributed by atoms with Crippen LogP contribution in [-0.4, -0.2) is 6.61 Å². The largest absolute Gasteiger partial charge is 0.486 e. The summed E-state index contributed by atoms with van der Waals surface area (Å²) in [4.78, 5) is 0. The van der Waals surface area contributed by atoms with E-state index in [-0.39, 0.29) is 0 Å². The van der Waals surface area contributed by atoms with Crippen LogP contribution in [0.4, 0.5) is 0 Å². The van der Waals surface area contributed by atoms with Crippen LogP contribution in [-0.2, 0) is 4.74 Å². The average molecular weight is 108 g/mol. The zero-order chi connectivity index (χ0) is 5.82. The highest BCUT2D eigenvalue weighted by molar-refractivity contribution is 5.19. The zero-order valence-electron chi connectivity index (χ0n) is 4.68. The van der Waals surface area contributed by atoms with E-state index in [0.717, 1.165) is 19.4 Å². The Bertz CT molecular complexity index is 139. The van der Waals surface area contributed by atoms with Gasteiger partial charge in [-0.25, -0.2) is 0 Å². The van der Waals surface area contributed by atoms with Crippen LogP contribution >= 0.6 is 0 Å². The second kappa shape index (κ2) is 2.42. The fourth-order valence-corrected chi connectivity index (χ4v) is 0.658. The Labute approximate surface area is 49.3 Å². The van der Waals surface area contributed by atoms with Gasteiger partial charge in [-0.05, 0) is 24.8 Å². The number of terminal acetylenes is 1. The average Bonchev–Trinajstić information content (AvgIpc) is 1.90. The van der Waals surface area contributed by atoms with E-state index < -0.39 is 0 Å². The van der Waals surface area contributed by atoms with Crippen molar-refractivity contribution in [2.75, 3.05) is 6.61 Å². The molecule has 1 rings (SSSR count). The molecule has 0 bridgehead atoms. The molecule has 0 unspecified atom stereocenters. The molecule has 0 spiro atoms. The predicted molar refractivity (Wildman–Crippen MR) is 32.1 cm³/mol. The van der Waals surface area contributed by atoms with Crippen molar-refractivity contribution >= 4 is 0 Å². The molecule has 1 nitrogen and oxygen atoms in total. The molecule has 0 saturated carbocycles. The molecule has 0 fully saturated rings. The lowest BCUT2D eigenvalue weighted by Gasteiger charge is -2.08. The van der Waals surface area contributed by atoms with Crippen LogP contribution in [0.25, 0.3) is 0 Å². The standard InChI is InChI=1S/C7H8O/c1-2-7-5-3-4-6-8-7/h1,5H,3-4,6H2. The third-order valence-electron chi connectivity index (χ3n) is 1.08. The lowest BCUT2D eigenvalue weighted by atomic mass is 10.2.